The molecule has 3 aromatic heterocycles. The molecule has 2 N–H and O–H groups in total. The number of thiophene rings is 1. The first-order chi connectivity index (χ1) is 12.7. The van der Waals surface area contributed by atoms with Crippen LogP contribution in [0.15, 0.2) is 35.3 Å². The molecule has 1 aliphatic rings. The Morgan fingerprint density at radius 1 is 1.27 bits per heavy atom. The van der Waals surface area contributed by atoms with Crippen LogP contribution in [0.4, 0.5) is 0 Å². The van der Waals surface area contributed by atoms with Crippen molar-refractivity contribution < 1.29 is 4.79 Å². The van der Waals surface area contributed by atoms with Gasteiger partial charge in [0.25, 0.3) is 5.56 Å². The smallest absolute Gasteiger partial charge is 0.259 e. The van der Waals surface area contributed by atoms with E-state index in [-0.39, 0.29) is 17.8 Å². The number of aromatic amines is 2. The molecular weight excluding hydrogens is 366 g/mol. The van der Waals surface area contributed by atoms with Crippen molar-refractivity contribution in [3.05, 3.63) is 62.6 Å². The highest BCUT2D eigenvalue weighted by Gasteiger charge is 2.21. The number of hydrogen-bond acceptors (Lipinski definition) is 5. The van der Waals surface area contributed by atoms with Crippen molar-refractivity contribution in [3.8, 4) is 0 Å². The summed E-state index contributed by atoms with van der Waals surface area (Å²) < 4.78 is 0. The van der Waals surface area contributed by atoms with Gasteiger partial charge in [0.15, 0.2) is 5.78 Å². The number of ketones is 1. The summed E-state index contributed by atoms with van der Waals surface area (Å²) in [5.41, 5.74) is 2.58. The largest absolute Gasteiger partial charge is 0.360 e. The second kappa shape index (κ2) is 6.10. The van der Waals surface area contributed by atoms with Crippen LogP contribution < -0.4 is 5.56 Å². The molecule has 1 aliphatic heterocycles. The molecule has 0 saturated heterocycles. The summed E-state index contributed by atoms with van der Waals surface area (Å²) in [6.07, 6.45) is 2.73. The summed E-state index contributed by atoms with van der Waals surface area (Å²) >= 11 is 3.47. The molecule has 1 aromatic carbocycles. The van der Waals surface area contributed by atoms with Gasteiger partial charge < -0.3 is 9.97 Å². The number of para-hydroxylation sites is 1. The number of rotatable bonds is 3. The molecule has 4 heterocycles. The maximum atomic E-state index is 12.7. The van der Waals surface area contributed by atoms with E-state index in [9.17, 15) is 9.59 Å². The van der Waals surface area contributed by atoms with Gasteiger partial charge in [-0.2, -0.15) is 11.8 Å². The van der Waals surface area contributed by atoms with E-state index in [1.165, 1.54) is 4.88 Å². The number of hydrogen-bond donors (Lipinski definition) is 2. The van der Waals surface area contributed by atoms with Gasteiger partial charge in [-0.15, -0.1) is 11.3 Å². The SMILES string of the molecule is O=C(Cc1nc2sc3c(c2c(=O)[nH]1)CCSC3)c1c[nH]c2ccccc12. The Morgan fingerprint density at radius 3 is 3.08 bits per heavy atom. The molecular formula is C19H15N3O2S2. The molecule has 130 valence electrons. The fourth-order valence-corrected chi connectivity index (χ4v) is 5.88. The lowest BCUT2D eigenvalue weighted by atomic mass is 10.1. The Bertz CT molecular complexity index is 1220. The number of H-pyrrole nitrogens is 2. The normalized spacial score (nSPS) is 14.0. The van der Waals surface area contributed by atoms with Crippen molar-refractivity contribution in [1.82, 2.24) is 15.0 Å². The summed E-state index contributed by atoms with van der Waals surface area (Å²) in [6, 6.07) is 7.69. The van der Waals surface area contributed by atoms with E-state index in [1.54, 1.807) is 17.5 Å². The zero-order chi connectivity index (χ0) is 17.7. The van der Waals surface area contributed by atoms with E-state index in [4.69, 9.17) is 0 Å². The lowest BCUT2D eigenvalue weighted by molar-refractivity contribution is 0.0992. The summed E-state index contributed by atoms with van der Waals surface area (Å²) in [4.78, 5) is 37.9. The van der Waals surface area contributed by atoms with Crippen molar-refractivity contribution in [2.75, 3.05) is 5.75 Å². The molecule has 0 saturated carbocycles. The molecule has 0 atom stereocenters. The van der Waals surface area contributed by atoms with Crippen molar-refractivity contribution in [3.63, 3.8) is 0 Å². The summed E-state index contributed by atoms with van der Waals surface area (Å²) in [5, 5.41) is 1.61. The van der Waals surface area contributed by atoms with E-state index in [2.05, 4.69) is 15.0 Å². The van der Waals surface area contributed by atoms with Crippen LogP contribution in [0, 0.1) is 0 Å². The molecule has 0 spiro atoms. The van der Waals surface area contributed by atoms with Crippen LogP contribution in [-0.2, 0) is 18.6 Å². The standard InChI is InChI=1S/C19H15N3O2S2/c23-14(12-8-20-13-4-2-1-3-10(12)13)7-16-21-18(24)17-11-5-6-25-9-15(11)26-19(17)22-16/h1-4,8,20H,5-7,9H2,(H,21,22,24). The van der Waals surface area contributed by atoms with E-state index in [0.29, 0.717) is 16.8 Å². The highest BCUT2D eigenvalue weighted by Crippen LogP contribution is 2.35. The topological polar surface area (TPSA) is 78.6 Å². The molecule has 5 nitrogen and oxygen atoms in total. The number of nitrogens with one attached hydrogen (secondary N) is 2. The van der Waals surface area contributed by atoms with Gasteiger partial charge in [-0.3, -0.25) is 9.59 Å². The quantitative estimate of drug-likeness (QED) is 0.531. The molecule has 0 unspecified atom stereocenters. The first kappa shape index (κ1) is 15.8. The Kier molecular flexibility index (Phi) is 3.72. The number of aromatic nitrogens is 3. The number of thioether (sulfide) groups is 1. The highest BCUT2D eigenvalue weighted by molar-refractivity contribution is 7.98. The maximum Gasteiger partial charge on any atom is 0.259 e. The molecule has 0 aliphatic carbocycles. The number of benzene rings is 1. The van der Waals surface area contributed by atoms with Gasteiger partial charge in [0.2, 0.25) is 0 Å². The number of aryl methyl sites for hydroxylation is 1. The van der Waals surface area contributed by atoms with Gasteiger partial charge in [0, 0.05) is 33.3 Å². The highest BCUT2D eigenvalue weighted by atomic mass is 32.2. The molecule has 7 heteroatoms. The minimum Gasteiger partial charge on any atom is -0.360 e. The monoisotopic (exact) mass is 381 g/mol. The zero-order valence-electron chi connectivity index (χ0n) is 13.8. The van der Waals surface area contributed by atoms with Crippen LogP contribution >= 0.6 is 23.1 Å². The Balaban J connectivity index is 1.53. The molecule has 4 aromatic rings. The Labute approximate surface area is 156 Å². The first-order valence-corrected chi connectivity index (χ1v) is 10.4. The molecule has 0 fully saturated rings. The lowest BCUT2D eigenvalue weighted by Gasteiger charge is -2.09. The summed E-state index contributed by atoms with van der Waals surface area (Å²) in [6.45, 7) is 0. The molecule has 5 rings (SSSR count). The van der Waals surface area contributed by atoms with Gasteiger partial charge in [-0.05, 0) is 23.8 Å². The number of carbonyl (C=O) groups excluding carboxylic acids is 1. The van der Waals surface area contributed by atoms with E-state index in [0.717, 1.165) is 39.2 Å². The van der Waals surface area contributed by atoms with Crippen molar-refractivity contribution in [1.29, 1.82) is 0 Å². The molecule has 0 amide bonds. The number of Topliss-reactive ketones (excluding diaryl/α,β-unsaturated/α-hetero) is 1. The number of carbonyl (C=O) groups is 1. The van der Waals surface area contributed by atoms with E-state index in [1.807, 2.05) is 36.0 Å². The molecule has 0 bridgehead atoms. The fourth-order valence-electron chi connectivity index (χ4n) is 3.51. The lowest BCUT2D eigenvalue weighted by Crippen LogP contribution is -2.15. The van der Waals surface area contributed by atoms with Crippen molar-refractivity contribution >= 4 is 50.0 Å². The second-order valence-electron chi connectivity index (χ2n) is 6.35. The van der Waals surface area contributed by atoms with Gasteiger partial charge in [-0.1, -0.05) is 18.2 Å². The van der Waals surface area contributed by atoms with Crippen LogP contribution in [0.3, 0.4) is 0 Å². The number of fused-ring (bicyclic) bond motifs is 4. The zero-order valence-corrected chi connectivity index (χ0v) is 15.4. The maximum absolute atomic E-state index is 12.7. The first-order valence-electron chi connectivity index (χ1n) is 8.41. The van der Waals surface area contributed by atoms with E-state index < -0.39 is 0 Å². The Morgan fingerprint density at radius 2 is 2.15 bits per heavy atom. The fraction of sp³-hybridized carbons (Fsp3) is 0.211. The Hall–Kier alpha value is -2.38. The van der Waals surface area contributed by atoms with Crippen LogP contribution in [0.2, 0.25) is 0 Å². The van der Waals surface area contributed by atoms with E-state index >= 15 is 0 Å². The molecule has 26 heavy (non-hydrogen) atoms. The third-order valence-corrected chi connectivity index (χ3v) is 7.03. The van der Waals surface area contributed by atoms with Crippen molar-refractivity contribution in [2.45, 2.75) is 18.6 Å². The van der Waals surface area contributed by atoms with Crippen LogP contribution in [0.5, 0.6) is 0 Å². The van der Waals surface area contributed by atoms with Gasteiger partial charge in [-0.25, -0.2) is 4.98 Å². The minimum absolute atomic E-state index is 0.0539. The average molecular weight is 381 g/mol. The molecule has 0 radical (unpaired) electrons. The van der Waals surface area contributed by atoms with Crippen molar-refractivity contribution in [2.24, 2.45) is 0 Å². The van der Waals surface area contributed by atoms with Gasteiger partial charge in [0.05, 0.1) is 11.8 Å². The third kappa shape index (κ3) is 2.50. The van der Waals surface area contributed by atoms with Crippen LogP contribution in [0.25, 0.3) is 21.1 Å². The minimum atomic E-state index is -0.124. The summed E-state index contributed by atoms with van der Waals surface area (Å²) in [5.74, 6) is 2.37. The second-order valence-corrected chi connectivity index (χ2v) is 8.54. The van der Waals surface area contributed by atoms with Gasteiger partial charge >= 0.3 is 0 Å². The third-order valence-electron chi connectivity index (χ3n) is 4.74. The van der Waals surface area contributed by atoms with Crippen LogP contribution in [0.1, 0.15) is 26.6 Å². The average Bonchev–Trinajstić information content (AvgIpc) is 3.23. The van der Waals surface area contributed by atoms with Crippen LogP contribution in [-0.4, -0.2) is 26.5 Å². The predicted molar refractivity (Wildman–Crippen MR) is 106 cm³/mol. The van der Waals surface area contributed by atoms with Gasteiger partial charge in [0.1, 0.15) is 10.7 Å². The predicted octanol–water partition coefficient (Wildman–Crippen LogP) is 3.68. The summed E-state index contributed by atoms with van der Waals surface area (Å²) in [7, 11) is 0. The number of nitrogens with zero attached hydrogens (tertiary/aromatic N) is 1.